The Labute approximate surface area is 168 Å². The molecule has 0 unspecified atom stereocenters. The number of halogens is 1. The third-order valence-electron chi connectivity index (χ3n) is 5.14. The van der Waals surface area contributed by atoms with Gasteiger partial charge in [-0.15, -0.1) is 24.0 Å². The van der Waals surface area contributed by atoms with Gasteiger partial charge < -0.3 is 19.7 Å². The second-order valence-electron chi connectivity index (χ2n) is 7.28. The van der Waals surface area contributed by atoms with Crippen LogP contribution in [-0.4, -0.2) is 55.3 Å². The molecule has 0 aliphatic carbocycles. The monoisotopic (exact) mass is 462 g/mol. The van der Waals surface area contributed by atoms with E-state index in [1.165, 1.54) is 0 Å². The Balaban J connectivity index is 0.00000312. The quantitative estimate of drug-likeness (QED) is 0.305. The van der Waals surface area contributed by atoms with Gasteiger partial charge >= 0.3 is 0 Å². The lowest BCUT2D eigenvalue weighted by molar-refractivity contribution is -0.0667. The van der Waals surface area contributed by atoms with Gasteiger partial charge in [0.2, 0.25) is 5.88 Å². The lowest BCUT2D eigenvalue weighted by atomic mass is 9.65. The van der Waals surface area contributed by atoms with Gasteiger partial charge in [-0.25, -0.2) is 4.98 Å². The van der Waals surface area contributed by atoms with Crippen molar-refractivity contribution >= 4 is 29.9 Å². The molecule has 6 nitrogen and oxygen atoms in total. The molecule has 0 bridgehead atoms. The van der Waals surface area contributed by atoms with E-state index in [2.05, 4.69) is 47.9 Å². The first-order valence-corrected chi connectivity index (χ1v) is 8.37. The Hall–Kier alpha value is -1.09. The van der Waals surface area contributed by atoms with Crippen LogP contribution in [0, 0.1) is 5.41 Å². The highest BCUT2D eigenvalue weighted by Gasteiger charge is 2.53. The predicted octanol–water partition coefficient (Wildman–Crippen LogP) is 2.92. The molecule has 0 atom stereocenters. The van der Waals surface area contributed by atoms with E-state index in [1.807, 2.05) is 25.4 Å². The van der Waals surface area contributed by atoms with E-state index in [0.29, 0.717) is 25.6 Å². The van der Waals surface area contributed by atoms with Crippen LogP contribution in [0.25, 0.3) is 0 Å². The van der Waals surface area contributed by atoms with Crippen molar-refractivity contribution in [2.75, 3.05) is 33.9 Å². The summed E-state index contributed by atoms with van der Waals surface area (Å²) in [4.78, 5) is 11.1. The molecule has 1 aromatic heterocycles. The van der Waals surface area contributed by atoms with E-state index in [1.54, 1.807) is 7.11 Å². The van der Waals surface area contributed by atoms with Gasteiger partial charge in [-0.05, 0) is 19.4 Å². The molecule has 0 radical (unpaired) electrons. The number of ether oxygens (including phenoxy) is 2. The van der Waals surface area contributed by atoms with Crippen molar-refractivity contribution < 1.29 is 9.47 Å². The third kappa shape index (κ3) is 4.97. The maximum Gasteiger partial charge on any atom is 0.213 e. The van der Waals surface area contributed by atoms with Gasteiger partial charge in [0, 0.05) is 50.5 Å². The molecule has 2 heterocycles. The van der Waals surface area contributed by atoms with E-state index in [9.17, 15) is 0 Å². The Morgan fingerprint density at radius 2 is 2.00 bits per heavy atom. The van der Waals surface area contributed by atoms with Crippen molar-refractivity contribution in [2.24, 2.45) is 10.4 Å². The molecule has 25 heavy (non-hydrogen) atoms. The summed E-state index contributed by atoms with van der Waals surface area (Å²) in [6.45, 7) is 11.9. The first-order chi connectivity index (χ1) is 11.3. The molecule has 1 N–H and O–H groups in total. The molecule has 1 aromatic rings. The smallest absolute Gasteiger partial charge is 0.213 e. The van der Waals surface area contributed by atoms with Crippen LogP contribution in [0.4, 0.5) is 0 Å². The molecule has 0 amide bonds. The molecule has 1 aliphatic heterocycles. The van der Waals surface area contributed by atoms with Crippen LogP contribution in [0.5, 0.6) is 5.88 Å². The summed E-state index contributed by atoms with van der Waals surface area (Å²) < 4.78 is 10.4. The topological polar surface area (TPSA) is 59.0 Å². The summed E-state index contributed by atoms with van der Waals surface area (Å²) in [6, 6.07) is 3.90. The number of rotatable bonds is 6. The van der Waals surface area contributed by atoms with Crippen molar-refractivity contribution in [3.8, 4) is 5.88 Å². The van der Waals surface area contributed by atoms with Crippen LogP contribution >= 0.6 is 24.0 Å². The standard InChI is InChI=1S/C18H30N4O2.HI/c1-17(2)13-22(18(17,3)4)16(19-5)21-12-14-7-8-15(20-11-14)24-10-9-23-6;/h7-8,11H,9-10,12-13H2,1-6H3,(H,19,21);1H. The predicted molar refractivity (Wildman–Crippen MR) is 112 cm³/mol. The minimum Gasteiger partial charge on any atom is -0.475 e. The van der Waals surface area contributed by atoms with E-state index in [4.69, 9.17) is 9.47 Å². The molecule has 7 heteroatoms. The van der Waals surface area contributed by atoms with Gasteiger partial charge in [0.05, 0.1) is 6.61 Å². The summed E-state index contributed by atoms with van der Waals surface area (Å²) in [5, 5.41) is 3.43. The molecule has 1 aliphatic rings. The molecule has 0 spiro atoms. The molecular formula is C18H31IN4O2. The summed E-state index contributed by atoms with van der Waals surface area (Å²) in [7, 11) is 3.48. The van der Waals surface area contributed by atoms with E-state index in [-0.39, 0.29) is 34.9 Å². The van der Waals surface area contributed by atoms with Crippen LogP contribution in [0.2, 0.25) is 0 Å². The fourth-order valence-electron chi connectivity index (χ4n) is 2.71. The summed E-state index contributed by atoms with van der Waals surface area (Å²) in [5.41, 5.74) is 1.47. The third-order valence-corrected chi connectivity index (χ3v) is 5.14. The van der Waals surface area contributed by atoms with E-state index < -0.39 is 0 Å². The number of pyridine rings is 1. The lowest BCUT2D eigenvalue weighted by Crippen LogP contribution is -2.72. The van der Waals surface area contributed by atoms with Crippen LogP contribution in [0.1, 0.15) is 33.3 Å². The summed E-state index contributed by atoms with van der Waals surface area (Å²) in [6.07, 6.45) is 1.83. The summed E-state index contributed by atoms with van der Waals surface area (Å²) >= 11 is 0. The van der Waals surface area contributed by atoms with Gasteiger partial charge in [0.25, 0.3) is 0 Å². The number of nitrogens with one attached hydrogen (secondary N) is 1. The second kappa shape index (κ2) is 9.02. The zero-order chi connectivity index (χ0) is 17.8. The number of nitrogens with zero attached hydrogens (tertiary/aromatic N) is 3. The number of hydrogen-bond donors (Lipinski definition) is 1. The molecule has 0 saturated carbocycles. The van der Waals surface area contributed by atoms with Crippen molar-refractivity contribution in [3.63, 3.8) is 0 Å². The Morgan fingerprint density at radius 1 is 1.28 bits per heavy atom. The maximum absolute atomic E-state index is 5.47. The van der Waals surface area contributed by atoms with Crippen molar-refractivity contribution in [3.05, 3.63) is 23.9 Å². The minimum atomic E-state index is 0. The van der Waals surface area contributed by atoms with Gasteiger partial charge in [-0.1, -0.05) is 19.9 Å². The van der Waals surface area contributed by atoms with Crippen molar-refractivity contribution in [1.29, 1.82) is 0 Å². The summed E-state index contributed by atoms with van der Waals surface area (Å²) in [5.74, 6) is 1.55. The number of aromatic nitrogens is 1. The number of guanidine groups is 1. The number of methoxy groups -OCH3 is 1. The molecule has 0 aromatic carbocycles. The largest absolute Gasteiger partial charge is 0.475 e. The van der Waals surface area contributed by atoms with Crippen molar-refractivity contribution in [2.45, 2.75) is 39.8 Å². The molecular weight excluding hydrogens is 431 g/mol. The zero-order valence-electron chi connectivity index (χ0n) is 16.1. The molecule has 1 saturated heterocycles. The van der Waals surface area contributed by atoms with Gasteiger partial charge in [-0.2, -0.15) is 0 Å². The fraction of sp³-hybridized carbons (Fsp3) is 0.667. The maximum atomic E-state index is 5.47. The van der Waals surface area contributed by atoms with Crippen LogP contribution in [0.15, 0.2) is 23.3 Å². The number of hydrogen-bond acceptors (Lipinski definition) is 4. The highest BCUT2D eigenvalue weighted by molar-refractivity contribution is 14.0. The Kier molecular flexibility index (Phi) is 7.92. The minimum absolute atomic E-state index is 0. The Bertz CT molecular complexity index is 573. The molecule has 142 valence electrons. The Morgan fingerprint density at radius 3 is 2.48 bits per heavy atom. The average molecular weight is 462 g/mol. The van der Waals surface area contributed by atoms with Crippen LogP contribution < -0.4 is 10.1 Å². The number of likely N-dealkylation sites (tertiary alicyclic amines) is 1. The fourth-order valence-corrected chi connectivity index (χ4v) is 2.71. The van der Waals surface area contributed by atoms with Crippen LogP contribution in [-0.2, 0) is 11.3 Å². The van der Waals surface area contributed by atoms with Gasteiger partial charge in [0.15, 0.2) is 5.96 Å². The first kappa shape index (κ1) is 22.0. The van der Waals surface area contributed by atoms with Gasteiger partial charge in [0.1, 0.15) is 6.61 Å². The molecule has 2 rings (SSSR count). The SMILES string of the molecule is CN=C(NCc1ccc(OCCOC)nc1)N1CC(C)(C)C1(C)C.I. The van der Waals surface area contributed by atoms with Gasteiger partial charge in [-0.3, -0.25) is 4.99 Å². The first-order valence-electron chi connectivity index (χ1n) is 8.37. The van der Waals surface area contributed by atoms with E-state index >= 15 is 0 Å². The zero-order valence-corrected chi connectivity index (χ0v) is 18.5. The molecule has 1 fully saturated rings. The number of aliphatic imine (C=N–C) groups is 1. The highest BCUT2D eigenvalue weighted by atomic mass is 127. The normalized spacial score (nSPS) is 18.2. The van der Waals surface area contributed by atoms with Crippen LogP contribution in [0.3, 0.4) is 0 Å². The average Bonchev–Trinajstić information content (AvgIpc) is 2.56. The lowest BCUT2D eigenvalue weighted by Gasteiger charge is -2.62. The van der Waals surface area contributed by atoms with Crippen molar-refractivity contribution in [1.82, 2.24) is 15.2 Å². The highest BCUT2D eigenvalue weighted by Crippen LogP contribution is 2.46. The van der Waals surface area contributed by atoms with E-state index in [0.717, 1.165) is 18.1 Å². The second-order valence-corrected chi connectivity index (χ2v) is 7.28.